The first-order valence-electron chi connectivity index (χ1n) is 7.03. The molecule has 0 aliphatic carbocycles. The number of carboxylic acids is 2. The SMILES string of the molecule is N=S(=O)(CCCc1ccccc1)CC(CCC(=O)O)C(=O)O. The third-order valence-corrected chi connectivity index (χ3v) is 5.20. The lowest BCUT2D eigenvalue weighted by molar-refractivity contribution is -0.142. The van der Waals surface area contributed by atoms with Gasteiger partial charge in [0.25, 0.3) is 0 Å². The molecule has 3 N–H and O–H groups in total. The fourth-order valence-electron chi connectivity index (χ4n) is 2.14. The normalized spacial score (nSPS) is 14.9. The van der Waals surface area contributed by atoms with Gasteiger partial charge in [-0.15, -0.1) is 0 Å². The molecule has 2 atom stereocenters. The number of aliphatic carboxylic acids is 2. The Balaban J connectivity index is 2.49. The highest BCUT2D eigenvalue weighted by Crippen LogP contribution is 2.13. The van der Waals surface area contributed by atoms with Crippen LogP contribution in [0.4, 0.5) is 0 Å². The van der Waals surface area contributed by atoms with Crippen molar-refractivity contribution in [3.63, 3.8) is 0 Å². The Labute approximate surface area is 130 Å². The van der Waals surface area contributed by atoms with Crippen molar-refractivity contribution in [1.29, 1.82) is 4.78 Å². The van der Waals surface area contributed by atoms with E-state index in [4.69, 9.17) is 15.0 Å². The van der Waals surface area contributed by atoms with Crippen molar-refractivity contribution >= 4 is 21.7 Å². The summed E-state index contributed by atoms with van der Waals surface area (Å²) in [6, 6.07) is 9.59. The molecule has 22 heavy (non-hydrogen) atoms. The van der Waals surface area contributed by atoms with Gasteiger partial charge in [0.2, 0.25) is 0 Å². The largest absolute Gasteiger partial charge is 0.481 e. The zero-order valence-corrected chi connectivity index (χ0v) is 13.1. The molecule has 6 nitrogen and oxygen atoms in total. The van der Waals surface area contributed by atoms with Crippen LogP contribution in [-0.2, 0) is 25.7 Å². The number of hydrogen-bond acceptors (Lipinski definition) is 4. The van der Waals surface area contributed by atoms with E-state index < -0.39 is 27.6 Å². The number of hydrogen-bond donors (Lipinski definition) is 3. The molecule has 1 aromatic carbocycles. The van der Waals surface area contributed by atoms with Crippen LogP contribution in [0.5, 0.6) is 0 Å². The van der Waals surface area contributed by atoms with Crippen LogP contribution in [0.2, 0.25) is 0 Å². The Hall–Kier alpha value is -1.89. The number of nitrogens with one attached hydrogen (secondary N) is 1. The predicted octanol–water partition coefficient (Wildman–Crippen LogP) is 2.23. The number of carboxylic acid groups (broad SMARTS) is 2. The van der Waals surface area contributed by atoms with Crippen molar-refractivity contribution in [1.82, 2.24) is 0 Å². The van der Waals surface area contributed by atoms with Gasteiger partial charge >= 0.3 is 11.9 Å². The molecule has 0 heterocycles. The van der Waals surface area contributed by atoms with Gasteiger partial charge in [0.05, 0.1) is 5.92 Å². The molecule has 1 rings (SSSR count). The monoisotopic (exact) mass is 327 g/mol. The van der Waals surface area contributed by atoms with Gasteiger partial charge in [0.15, 0.2) is 0 Å². The molecule has 0 spiro atoms. The van der Waals surface area contributed by atoms with Crippen LogP contribution >= 0.6 is 0 Å². The number of carbonyl (C=O) groups is 2. The first kappa shape index (κ1) is 18.2. The maximum atomic E-state index is 12.2. The number of benzene rings is 1. The van der Waals surface area contributed by atoms with Gasteiger partial charge in [0.1, 0.15) is 0 Å². The van der Waals surface area contributed by atoms with Crippen LogP contribution in [0.25, 0.3) is 0 Å². The third kappa shape index (κ3) is 7.21. The average molecular weight is 327 g/mol. The summed E-state index contributed by atoms with van der Waals surface area (Å²) in [5, 5.41) is 17.6. The molecular weight excluding hydrogens is 306 g/mol. The summed E-state index contributed by atoms with van der Waals surface area (Å²) in [5.41, 5.74) is 1.08. The van der Waals surface area contributed by atoms with Crippen molar-refractivity contribution < 1.29 is 24.0 Å². The second kappa shape index (κ2) is 8.53. The summed E-state index contributed by atoms with van der Waals surface area (Å²) in [4.78, 5) is 21.6. The van der Waals surface area contributed by atoms with Crippen LogP contribution in [-0.4, -0.2) is 37.9 Å². The standard InChI is InChI=1S/C15H21NO5S/c16-22(21,10-4-7-12-5-2-1-3-6-12)11-13(15(19)20)8-9-14(17)18/h1-3,5-6,13,16H,4,7-11H2,(H,17,18)(H,19,20). The van der Waals surface area contributed by atoms with E-state index in [1.807, 2.05) is 30.3 Å². The molecule has 122 valence electrons. The summed E-state index contributed by atoms with van der Waals surface area (Å²) in [5.74, 6) is -3.49. The number of aryl methyl sites for hydroxylation is 1. The van der Waals surface area contributed by atoms with Gasteiger partial charge < -0.3 is 10.2 Å². The van der Waals surface area contributed by atoms with E-state index in [9.17, 15) is 13.8 Å². The summed E-state index contributed by atoms with van der Waals surface area (Å²) in [6.07, 6.45) is 0.830. The zero-order valence-electron chi connectivity index (χ0n) is 12.2. The van der Waals surface area contributed by atoms with E-state index in [0.717, 1.165) is 5.56 Å². The highest BCUT2D eigenvalue weighted by Gasteiger charge is 2.23. The van der Waals surface area contributed by atoms with Gasteiger partial charge in [-0.3, -0.25) is 14.4 Å². The lowest BCUT2D eigenvalue weighted by Crippen LogP contribution is -2.25. The minimum Gasteiger partial charge on any atom is -0.481 e. The van der Waals surface area contributed by atoms with E-state index in [1.165, 1.54) is 0 Å². The van der Waals surface area contributed by atoms with Crippen molar-refractivity contribution in [2.24, 2.45) is 5.92 Å². The molecule has 0 bridgehead atoms. The van der Waals surface area contributed by atoms with Crippen molar-refractivity contribution in [2.75, 3.05) is 11.5 Å². The van der Waals surface area contributed by atoms with Crippen LogP contribution in [0, 0.1) is 10.7 Å². The molecule has 0 saturated carbocycles. The summed E-state index contributed by atoms with van der Waals surface area (Å²) in [7, 11) is -3.02. The molecule has 0 saturated heterocycles. The van der Waals surface area contributed by atoms with Crippen LogP contribution in [0.3, 0.4) is 0 Å². The zero-order chi connectivity index (χ0) is 16.6. The van der Waals surface area contributed by atoms with Crippen molar-refractivity contribution in [3.8, 4) is 0 Å². The Kier molecular flexibility index (Phi) is 7.04. The third-order valence-electron chi connectivity index (χ3n) is 3.31. The van der Waals surface area contributed by atoms with E-state index in [-0.39, 0.29) is 24.3 Å². The Morgan fingerprint density at radius 3 is 2.36 bits per heavy atom. The minimum atomic E-state index is -3.02. The second-order valence-corrected chi connectivity index (χ2v) is 7.60. The van der Waals surface area contributed by atoms with Gasteiger partial charge in [0, 0.05) is 27.7 Å². The summed E-state index contributed by atoms with van der Waals surface area (Å²) >= 11 is 0. The van der Waals surface area contributed by atoms with Gasteiger partial charge in [-0.25, -0.2) is 4.21 Å². The first-order valence-corrected chi connectivity index (χ1v) is 8.92. The fraction of sp³-hybridized carbons (Fsp3) is 0.467. The van der Waals surface area contributed by atoms with Crippen LogP contribution < -0.4 is 0 Å². The molecule has 0 aliphatic rings. The molecule has 1 aromatic rings. The predicted molar refractivity (Wildman–Crippen MR) is 83.4 cm³/mol. The Morgan fingerprint density at radius 2 is 1.82 bits per heavy atom. The summed E-state index contributed by atoms with van der Waals surface area (Å²) < 4.78 is 20.0. The van der Waals surface area contributed by atoms with Crippen molar-refractivity contribution in [3.05, 3.63) is 35.9 Å². The molecule has 0 radical (unpaired) electrons. The molecule has 2 unspecified atom stereocenters. The smallest absolute Gasteiger partial charge is 0.307 e. The maximum Gasteiger partial charge on any atom is 0.307 e. The van der Waals surface area contributed by atoms with E-state index >= 15 is 0 Å². The second-order valence-electron chi connectivity index (χ2n) is 5.24. The summed E-state index contributed by atoms with van der Waals surface area (Å²) in [6.45, 7) is 0. The van der Waals surface area contributed by atoms with Crippen LogP contribution in [0.15, 0.2) is 30.3 Å². The Bertz CT molecular complexity index is 598. The van der Waals surface area contributed by atoms with E-state index in [1.54, 1.807) is 0 Å². The molecule has 0 fully saturated rings. The van der Waals surface area contributed by atoms with E-state index in [2.05, 4.69) is 0 Å². The Morgan fingerprint density at radius 1 is 1.18 bits per heavy atom. The van der Waals surface area contributed by atoms with E-state index in [0.29, 0.717) is 12.8 Å². The minimum absolute atomic E-state index is 0.0980. The molecule has 0 aromatic heterocycles. The maximum absolute atomic E-state index is 12.2. The fourth-order valence-corrected chi connectivity index (χ4v) is 3.87. The quantitative estimate of drug-likeness (QED) is 0.609. The van der Waals surface area contributed by atoms with Crippen LogP contribution in [0.1, 0.15) is 24.8 Å². The molecule has 7 heteroatoms. The first-order chi connectivity index (χ1) is 10.3. The lowest BCUT2D eigenvalue weighted by Gasteiger charge is -2.14. The van der Waals surface area contributed by atoms with Gasteiger partial charge in [-0.05, 0) is 24.8 Å². The highest BCUT2D eigenvalue weighted by atomic mass is 32.2. The topological polar surface area (TPSA) is 116 Å². The lowest BCUT2D eigenvalue weighted by atomic mass is 10.1. The average Bonchev–Trinajstić information content (AvgIpc) is 2.44. The molecule has 0 amide bonds. The van der Waals surface area contributed by atoms with Crippen molar-refractivity contribution in [2.45, 2.75) is 25.7 Å². The molecular formula is C15H21NO5S. The highest BCUT2D eigenvalue weighted by molar-refractivity contribution is 7.92. The van der Waals surface area contributed by atoms with Gasteiger partial charge in [-0.2, -0.15) is 0 Å². The molecule has 0 aliphatic heterocycles. The number of rotatable bonds is 10. The van der Waals surface area contributed by atoms with Gasteiger partial charge in [-0.1, -0.05) is 30.3 Å².